The number of carbonyl (C=O) groups excluding carboxylic acids is 1. The van der Waals surface area contributed by atoms with E-state index < -0.39 is 0 Å². The fourth-order valence-electron chi connectivity index (χ4n) is 2.07. The average molecular weight is 218 g/mol. The first-order chi connectivity index (χ1) is 7.77. The van der Waals surface area contributed by atoms with Crippen LogP contribution in [0, 0.1) is 5.92 Å². The normalized spacial score (nSPS) is 23.7. The van der Waals surface area contributed by atoms with Gasteiger partial charge in [0.1, 0.15) is 6.10 Å². The molecule has 0 N–H and O–H groups in total. The Labute approximate surface area is 96.6 Å². The molecule has 1 fully saturated rings. The van der Waals surface area contributed by atoms with Crippen LogP contribution >= 0.6 is 0 Å². The summed E-state index contributed by atoms with van der Waals surface area (Å²) in [5.74, 6) is 0.0878. The van der Waals surface area contributed by atoms with Gasteiger partial charge in [0.05, 0.1) is 5.92 Å². The molecular weight excluding hydrogens is 200 g/mol. The molecule has 1 aromatic rings. The minimum Gasteiger partial charge on any atom is -0.461 e. The van der Waals surface area contributed by atoms with Gasteiger partial charge in [-0.2, -0.15) is 0 Å². The topological polar surface area (TPSA) is 26.3 Å². The molecule has 0 amide bonds. The molecule has 1 aliphatic heterocycles. The molecule has 0 unspecified atom stereocenters. The number of carbonyl (C=O) groups is 1. The largest absolute Gasteiger partial charge is 0.461 e. The van der Waals surface area contributed by atoms with Crippen LogP contribution in [0.25, 0.3) is 0 Å². The summed E-state index contributed by atoms with van der Waals surface area (Å²) in [6.45, 7) is 1.95. The summed E-state index contributed by atoms with van der Waals surface area (Å²) >= 11 is 0. The Hall–Kier alpha value is -1.31. The Morgan fingerprint density at radius 2 is 1.94 bits per heavy atom. The van der Waals surface area contributed by atoms with Crippen molar-refractivity contribution in [1.82, 2.24) is 0 Å². The summed E-state index contributed by atoms with van der Waals surface area (Å²) in [6, 6.07) is 10.5. The van der Waals surface area contributed by atoms with Crippen LogP contribution in [0.5, 0.6) is 0 Å². The van der Waals surface area contributed by atoms with Gasteiger partial charge in [0, 0.05) is 0 Å². The van der Waals surface area contributed by atoms with Gasteiger partial charge >= 0.3 is 5.97 Å². The maximum atomic E-state index is 10.9. The van der Waals surface area contributed by atoms with Crippen molar-refractivity contribution in [3.63, 3.8) is 0 Å². The summed E-state index contributed by atoms with van der Waals surface area (Å²) < 4.78 is 5.06. The lowest BCUT2D eigenvalue weighted by Crippen LogP contribution is -2.42. The lowest BCUT2D eigenvalue weighted by Gasteiger charge is -2.32. The highest BCUT2D eigenvalue weighted by Crippen LogP contribution is 2.26. The third-order valence-corrected chi connectivity index (χ3v) is 3.24. The molecule has 0 saturated carbocycles. The third kappa shape index (κ3) is 2.63. The van der Waals surface area contributed by atoms with Crippen molar-refractivity contribution in [3.05, 3.63) is 35.9 Å². The van der Waals surface area contributed by atoms with Crippen LogP contribution in [0.3, 0.4) is 0 Å². The fraction of sp³-hybridized carbons (Fsp3) is 0.500. The lowest BCUT2D eigenvalue weighted by atomic mass is 9.94. The minimum atomic E-state index is -0.0342. The number of unbranched alkanes of at least 4 members (excludes halogenated alkanes) is 1. The Morgan fingerprint density at radius 1 is 1.19 bits per heavy atom. The first kappa shape index (κ1) is 11.2. The second kappa shape index (κ2) is 5.15. The second-order valence-corrected chi connectivity index (χ2v) is 4.50. The summed E-state index contributed by atoms with van der Waals surface area (Å²) in [5.41, 5.74) is 1.39. The first-order valence-electron chi connectivity index (χ1n) is 6.02. The number of cyclic esters (lactones) is 1. The summed E-state index contributed by atoms with van der Waals surface area (Å²) in [5, 5.41) is 0. The zero-order valence-corrected chi connectivity index (χ0v) is 9.69. The van der Waals surface area contributed by atoms with E-state index in [1.54, 1.807) is 0 Å². The molecule has 2 atom stereocenters. The Bertz CT molecular complexity index is 345. The predicted octanol–water partition coefficient (Wildman–Crippen LogP) is 2.96. The van der Waals surface area contributed by atoms with Crippen molar-refractivity contribution in [2.45, 2.75) is 38.7 Å². The smallest absolute Gasteiger partial charge is 0.312 e. The van der Waals surface area contributed by atoms with Gasteiger partial charge in [0.25, 0.3) is 0 Å². The zero-order valence-electron chi connectivity index (χ0n) is 9.69. The molecule has 0 aromatic heterocycles. The van der Waals surface area contributed by atoms with Gasteiger partial charge in [0.15, 0.2) is 0 Å². The van der Waals surface area contributed by atoms with Gasteiger partial charge in [-0.1, -0.05) is 30.3 Å². The molecule has 1 heterocycles. The van der Waals surface area contributed by atoms with E-state index in [1.807, 2.05) is 13.0 Å². The highest BCUT2D eigenvalue weighted by atomic mass is 16.6. The van der Waals surface area contributed by atoms with E-state index in [-0.39, 0.29) is 18.0 Å². The van der Waals surface area contributed by atoms with E-state index in [2.05, 4.69) is 24.3 Å². The van der Waals surface area contributed by atoms with Crippen LogP contribution in [0.2, 0.25) is 0 Å². The number of hydrogen-bond donors (Lipinski definition) is 0. The molecule has 2 nitrogen and oxygen atoms in total. The molecule has 2 rings (SSSR count). The van der Waals surface area contributed by atoms with E-state index in [1.165, 1.54) is 12.0 Å². The van der Waals surface area contributed by atoms with Gasteiger partial charge in [-0.25, -0.2) is 0 Å². The number of esters is 1. The minimum absolute atomic E-state index is 0.0342. The Kier molecular flexibility index (Phi) is 3.60. The van der Waals surface area contributed by atoms with Crippen LogP contribution < -0.4 is 0 Å². The van der Waals surface area contributed by atoms with Gasteiger partial charge in [-0.15, -0.1) is 0 Å². The molecule has 1 aromatic carbocycles. The third-order valence-electron chi connectivity index (χ3n) is 3.24. The second-order valence-electron chi connectivity index (χ2n) is 4.50. The van der Waals surface area contributed by atoms with Crippen LogP contribution in [0.15, 0.2) is 30.3 Å². The number of hydrogen-bond acceptors (Lipinski definition) is 2. The number of benzene rings is 1. The summed E-state index contributed by atoms with van der Waals surface area (Å²) in [6.07, 6.45) is 4.63. The monoisotopic (exact) mass is 218 g/mol. The Morgan fingerprint density at radius 3 is 2.56 bits per heavy atom. The maximum absolute atomic E-state index is 10.9. The molecule has 0 radical (unpaired) electrons. The van der Waals surface area contributed by atoms with Gasteiger partial charge in [0.2, 0.25) is 0 Å². The number of rotatable bonds is 5. The fourth-order valence-corrected chi connectivity index (χ4v) is 2.07. The molecule has 1 saturated heterocycles. The number of ether oxygens (including phenoxy) is 1. The average Bonchev–Trinajstić information content (AvgIpc) is 2.34. The van der Waals surface area contributed by atoms with Crippen LogP contribution in [0.1, 0.15) is 31.7 Å². The molecule has 0 spiro atoms. The summed E-state index contributed by atoms with van der Waals surface area (Å²) in [7, 11) is 0. The Balaban J connectivity index is 1.61. The molecule has 0 bridgehead atoms. The number of aryl methyl sites for hydroxylation is 1. The molecular formula is C14H18O2. The van der Waals surface area contributed by atoms with E-state index in [0.717, 1.165) is 19.3 Å². The van der Waals surface area contributed by atoms with Gasteiger partial charge < -0.3 is 4.74 Å². The van der Waals surface area contributed by atoms with Crippen molar-refractivity contribution in [1.29, 1.82) is 0 Å². The van der Waals surface area contributed by atoms with E-state index in [4.69, 9.17) is 4.74 Å². The standard InChI is InChI=1S/C14H18O2/c1-11-13(16-14(11)15)10-6-5-9-12-7-3-2-4-8-12/h2-4,7-8,11,13H,5-6,9-10H2,1H3/t11-,13+/m0/s1. The van der Waals surface area contributed by atoms with Crippen molar-refractivity contribution >= 4 is 5.97 Å². The molecule has 0 aliphatic carbocycles. The quantitative estimate of drug-likeness (QED) is 0.561. The molecule has 1 aliphatic rings. The van der Waals surface area contributed by atoms with E-state index >= 15 is 0 Å². The molecule has 2 heteroatoms. The molecule has 86 valence electrons. The molecule has 16 heavy (non-hydrogen) atoms. The highest BCUT2D eigenvalue weighted by Gasteiger charge is 2.37. The van der Waals surface area contributed by atoms with E-state index in [0.29, 0.717) is 0 Å². The van der Waals surface area contributed by atoms with Crippen molar-refractivity contribution in [2.75, 3.05) is 0 Å². The van der Waals surface area contributed by atoms with Crippen LogP contribution in [0.4, 0.5) is 0 Å². The predicted molar refractivity (Wildman–Crippen MR) is 63.0 cm³/mol. The summed E-state index contributed by atoms with van der Waals surface area (Å²) in [4.78, 5) is 10.9. The van der Waals surface area contributed by atoms with Crippen LogP contribution in [-0.4, -0.2) is 12.1 Å². The van der Waals surface area contributed by atoms with Crippen molar-refractivity contribution < 1.29 is 9.53 Å². The zero-order chi connectivity index (χ0) is 11.4. The van der Waals surface area contributed by atoms with Crippen molar-refractivity contribution in [2.24, 2.45) is 5.92 Å². The van der Waals surface area contributed by atoms with Gasteiger partial charge in [-0.05, 0) is 38.2 Å². The van der Waals surface area contributed by atoms with E-state index in [9.17, 15) is 4.79 Å². The SMILES string of the molecule is C[C@@H]1C(=O)O[C@@H]1CCCCc1ccccc1. The first-order valence-corrected chi connectivity index (χ1v) is 6.02. The van der Waals surface area contributed by atoms with Gasteiger partial charge in [-0.3, -0.25) is 4.79 Å². The highest BCUT2D eigenvalue weighted by molar-refractivity contribution is 5.77. The maximum Gasteiger partial charge on any atom is 0.312 e. The van der Waals surface area contributed by atoms with Crippen LogP contribution in [-0.2, 0) is 16.0 Å². The lowest BCUT2D eigenvalue weighted by molar-refractivity contribution is -0.183. The van der Waals surface area contributed by atoms with Crippen molar-refractivity contribution in [3.8, 4) is 0 Å².